The number of aliphatic hydroxyl groups excluding tert-OH is 1. The van der Waals surface area contributed by atoms with E-state index in [0.717, 1.165) is 38.5 Å². The molecule has 1 N–H and O–H groups in total. The van der Waals surface area contributed by atoms with E-state index in [-0.39, 0.29) is 23.6 Å². The molecule has 2 fully saturated rings. The number of carbonyl (C=O) groups excluding carboxylic acids is 1. The van der Waals surface area contributed by atoms with E-state index in [2.05, 4.69) is 0 Å². The van der Waals surface area contributed by atoms with Crippen molar-refractivity contribution < 1.29 is 18.3 Å². The number of piperidine rings is 1. The highest BCUT2D eigenvalue weighted by atomic mass is 32.2. The summed E-state index contributed by atoms with van der Waals surface area (Å²) in [5.41, 5.74) is 0. The number of amides is 1. The Bertz CT molecular complexity index is 430. The summed E-state index contributed by atoms with van der Waals surface area (Å²) in [4.78, 5) is 13.9. The maximum Gasteiger partial charge on any atom is 0.251 e. The van der Waals surface area contributed by atoms with E-state index in [0.29, 0.717) is 6.54 Å². The van der Waals surface area contributed by atoms with Crippen LogP contribution in [0.1, 0.15) is 38.5 Å². The van der Waals surface area contributed by atoms with E-state index < -0.39 is 15.9 Å². The molecule has 1 heterocycles. The van der Waals surface area contributed by atoms with Gasteiger partial charge in [0.1, 0.15) is 15.9 Å². The third kappa shape index (κ3) is 3.69. The van der Waals surface area contributed by atoms with Crippen LogP contribution >= 0.6 is 0 Å². The lowest BCUT2D eigenvalue weighted by atomic mass is 9.80. The molecule has 0 bridgehead atoms. The molecule has 2 unspecified atom stereocenters. The van der Waals surface area contributed by atoms with Crippen molar-refractivity contribution in [2.75, 3.05) is 18.6 Å². The third-order valence-corrected chi connectivity index (χ3v) is 5.24. The third-order valence-electron chi connectivity index (χ3n) is 4.25. The first-order chi connectivity index (χ1) is 8.88. The predicted octanol–water partition coefficient (Wildman–Crippen LogP) is 0.573. The normalized spacial score (nSPS) is 26.8. The molecule has 2 atom stereocenters. The molecule has 19 heavy (non-hydrogen) atoms. The predicted molar refractivity (Wildman–Crippen MR) is 72.4 cm³/mol. The van der Waals surface area contributed by atoms with Gasteiger partial charge in [-0.15, -0.1) is 0 Å². The standard InChI is InChI=1S/C13H23NO4S/c1-19(17,18)9-11-7-2-3-8-14(11)13(16)12(15)10-5-4-6-10/h10-12,15H,2-9H2,1H3. The topological polar surface area (TPSA) is 74.7 Å². The monoisotopic (exact) mass is 289 g/mol. The molecule has 0 spiro atoms. The van der Waals surface area contributed by atoms with Gasteiger partial charge in [0.2, 0.25) is 0 Å². The molecular weight excluding hydrogens is 266 g/mol. The SMILES string of the molecule is CS(=O)(=O)CC1CCCCN1C(=O)C(O)C1CCC1. The molecule has 1 amide bonds. The van der Waals surface area contributed by atoms with E-state index in [1.807, 2.05) is 0 Å². The van der Waals surface area contributed by atoms with E-state index in [9.17, 15) is 18.3 Å². The molecule has 0 radical (unpaired) electrons. The minimum atomic E-state index is -3.10. The lowest BCUT2D eigenvalue weighted by Crippen LogP contribution is -2.52. The molecule has 1 saturated heterocycles. The minimum Gasteiger partial charge on any atom is -0.383 e. The molecule has 110 valence electrons. The first-order valence-corrected chi connectivity index (χ1v) is 9.11. The summed E-state index contributed by atoms with van der Waals surface area (Å²) in [5.74, 6) is -0.179. The highest BCUT2D eigenvalue weighted by Crippen LogP contribution is 2.31. The van der Waals surface area contributed by atoms with Crippen molar-refractivity contribution in [2.24, 2.45) is 5.92 Å². The number of rotatable bonds is 4. The van der Waals surface area contributed by atoms with Crippen LogP contribution in [0.4, 0.5) is 0 Å². The summed E-state index contributed by atoms with van der Waals surface area (Å²) in [6.45, 7) is 0.572. The summed E-state index contributed by atoms with van der Waals surface area (Å²) in [7, 11) is -3.10. The summed E-state index contributed by atoms with van der Waals surface area (Å²) < 4.78 is 22.9. The van der Waals surface area contributed by atoms with Gasteiger partial charge in [0, 0.05) is 18.8 Å². The Morgan fingerprint density at radius 1 is 1.26 bits per heavy atom. The number of likely N-dealkylation sites (tertiary alicyclic amines) is 1. The summed E-state index contributed by atoms with van der Waals surface area (Å²) >= 11 is 0. The fourth-order valence-electron chi connectivity index (χ4n) is 2.94. The molecule has 2 aliphatic rings. The van der Waals surface area contributed by atoms with Crippen LogP contribution in [0.2, 0.25) is 0 Å². The van der Waals surface area contributed by atoms with Crippen LogP contribution in [0.25, 0.3) is 0 Å². The van der Waals surface area contributed by atoms with E-state index in [1.54, 1.807) is 4.90 Å². The van der Waals surface area contributed by atoms with Gasteiger partial charge in [-0.25, -0.2) is 8.42 Å². The van der Waals surface area contributed by atoms with Gasteiger partial charge in [-0.2, -0.15) is 0 Å². The average molecular weight is 289 g/mol. The first kappa shape index (κ1) is 14.8. The van der Waals surface area contributed by atoms with Gasteiger partial charge in [-0.05, 0) is 38.0 Å². The zero-order valence-corrected chi connectivity index (χ0v) is 12.2. The number of hydrogen-bond acceptors (Lipinski definition) is 4. The lowest BCUT2D eigenvalue weighted by Gasteiger charge is -2.39. The first-order valence-electron chi connectivity index (χ1n) is 7.05. The molecule has 0 aromatic carbocycles. The second-order valence-corrected chi connectivity index (χ2v) is 8.09. The quantitative estimate of drug-likeness (QED) is 0.821. The second-order valence-electron chi connectivity index (χ2n) is 5.91. The molecule has 1 aliphatic carbocycles. The van der Waals surface area contributed by atoms with Gasteiger partial charge in [0.05, 0.1) is 5.75 Å². The highest BCUT2D eigenvalue weighted by molar-refractivity contribution is 7.90. The van der Waals surface area contributed by atoms with Crippen LogP contribution in [0, 0.1) is 5.92 Å². The van der Waals surface area contributed by atoms with Gasteiger partial charge in [0.15, 0.2) is 0 Å². The largest absolute Gasteiger partial charge is 0.383 e. The number of carbonyl (C=O) groups is 1. The van der Waals surface area contributed by atoms with Crippen LogP contribution in [0.3, 0.4) is 0 Å². The Kier molecular flexibility index (Phi) is 4.50. The Morgan fingerprint density at radius 3 is 2.47 bits per heavy atom. The van der Waals surface area contributed by atoms with Crippen LogP contribution in [-0.2, 0) is 14.6 Å². The average Bonchev–Trinajstić information content (AvgIpc) is 2.24. The van der Waals surface area contributed by atoms with Crippen LogP contribution in [0.15, 0.2) is 0 Å². The van der Waals surface area contributed by atoms with Gasteiger partial charge in [-0.1, -0.05) is 6.42 Å². The fraction of sp³-hybridized carbons (Fsp3) is 0.923. The van der Waals surface area contributed by atoms with Crippen LogP contribution in [-0.4, -0.2) is 55.0 Å². The van der Waals surface area contributed by atoms with Gasteiger partial charge in [0.25, 0.3) is 5.91 Å². The number of nitrogens with zero attached hydrogens (tertiary/aromatic N) is 1. The summed E-state index contributed by atoms with van der Waals surface area (Å²) in [6.07, 6.45) is 5.70. The van der Waals surface area contributed by atoms with Crippen molar-refractivity contribution >= 4 is 15.7 Å². The molecule has 0 aromatic rings. The molecule has 6 heteroatoms. The van der Waals surface area contributed by atoms with Gasteiger partial charge in [-0.3, -0.25) is 4.79 Å². The van der Waals surface area contributed by atoms with Crippen molar-refractivity contribution in [3.8, 4) is 0 Å². The number of hydrogen-bond donors (Lipinski definition) is 1. The molecule has 2 rings (SSSR count). The van der Waals surface area contributed by atoms with E-state index in [4.69, 9.17) is 0 Å². The summed E-state index contributed by atoms with van der Waals surface area (Å²) in [5, 5.41) is 10.1. The zero-order valence-electron chi connectivity index (χ0n) is 11.4. The molecule has 1 aliphatic heterocycles. The van der Waals surface area contributed by atoms with E-state index in [1.165, 1.54) is 6.26 Å². The van der Waals surface area contributed by atoms with Crippen molar-refractivity contribution in [1.82, 2.24) is 4.90 Å². The smallest absolute Gasteiger partial charge is 0.251 e. The lowest BCUT2D eigenvalue weighted by molar-refractivity contribution is -0.148. The Labute approximate surface area is 114 Å². The molecule has 5 nitrogen and oxygen atoms in total. The number of aliphatic hydroxyl groups is 1. The maximum absolute atomic E-state index is 12.3. The van der Waals surface area contributed by atoms with E-state index >= 15 is 0 Å². The molecular formula is C13H23NO4S. The van der Waals surface area contributed by atoms with Crippen molar-refractivity contribution in [2.45, 2.75) is 50.7 Å². The Morgan fingerprint density at radius 2 is 1.95 bits per heavy atom. The highest BCUT2D eigenvalue weighted by Gasteiger charge is 2.37. The second kappa shape index (κ2) is 5.79. The molecule has 0 aromatic heterocycles. The van der Waals surface area contributed by atoms with Crippen molar-refractivity contribution in [3.63, 3.8) is 0 Å². The van der Waals surface area contributed by atoms with Gasteiger partial charge < -0.3 is 10.0 Å². The van der Waals surface area contributed by atoms with Gasteiger partial charge >= 0.3 is 0 Å². The van der Waals surface area contributed by atoms with Crippen molar-refractivity contribution in [1.29, 1.82) is 0 Å². The van der Waals surface area contributed by atoms with Crippen LogP contribution < -0.4 is 0 Å². The van der Waals surface area contributed by atoms with Crippen LogP contribution in [0.5, 0.6) is 0 Å². The fourth-order valence-corrected chi connectivity index (χ4v) is 3.99. The minimum absolute atomic E-state index is 0.0100. The van der Waals surface area contributed by atoms with Crippen molar-refractivity contribution in [3.05, 3.63) is 0 Å². The maximum atomic E-state index is 12.3. The molecule has 1 saturated carbocycles. The Balaban J connectivity index is 2.03. The zero-order chi connectivity index (χ0) is 14.0. The summed E-state index contributed by atoms with van der Waals surface area (Å²) in [6, 6.07) is -0.258. The number of sulfone groups is 1. The Hall–Kier alpha value is -0.620.